The molecule has 0 atom stereocenters. The molecular weight excluding hydrogens is 294 g/mol. The molecule has 0 N–H and O–H groups in total. The maximum Gasteiger partial charge on any atom is 0.267 e. The normalized spacial score (nSPS) is 11.8. The highest BCUT2D eigenvalue weighted by Gasteiger charge is 2.15. The zero-order valence-corrected chi connectivity index (χ0v) is 12.6. The summed E-state index contributed by atoms with van der Waals surface area (Å²) in [6.07, 6.45) is 7.02. The minimum atomic E-state index is -3.52. The van der Waals surface area contributed by atoms with Gasteiger partial charge in [-0.15, -0.1) is 0 Å². The topological polar surface area (TPSA) is 39.1 Å². The van der Waals surface area contributed by atoms with Crippen LogP contribution < -0.4 is 0 Å². The molecule has 0 spiro atoms. The van der Waals surface area contributed by atoms with Crippen LogP contribution in [0.1, 0.15) is 11.1 Å². The Hall–Kier alpha value is -2.59. The van der Waals surface area contributed by atoms with Crippen molar-refractivity contribution in [1.29, 1.82) is 0 Å². The highest BCUT2D eigenvalue weighted by Crippen LogP contribution is 2.16. The summed E-state index contributed by atoms with van der Waals surface area (Å²) in [4.78, 5) is 0.282. The zero-order chi connectivity index (χ0) is 15.4. The molecule has 0 amide bonds. The molecule has 0 aliphatic carbocycles. The van der Waals surface area contributed by atoms with Crippen molar-refractivity contribution < 1.29 is 8.42 Å². The summed E-state index contributed by atoms with van der Waals surface area (Å²) < 4.78 is 26.2. The fraction of sp³-hybridized carbons (Fsp3) is 0. The molecular formula is C18H15NO2S. The summed E-state index contributed by atoms with van der Waals surface area (Å²) in [6, 6.07) is 20.1. The van der Waals surface area contributed by atoms with Crippen molar-refractivity contribution in [1.82, 2.24) is 3.97 Å². The van der Waals surface area contributed by atoms with Crippen molar-refractivity contribution in [3.05, 3.63) is 90.3 Å². The third-order valence-electron chi connectivity index (χ3n) is 3.28. The molecule has 3 aromatic rings. The second kappa shape index (κ2) is 6.03. The number of benzene rings is 2. The van der Waals surface area contributed by atoms with Gasteiger partial charge in [-0.25, -0.2) is 12.4 Å². The molecule has 1 heterocycles. The number of hydrogen-bond donors (Lipinski definition) is 0. The maximum atomic E-state index is 12.5. The SMILES string of the molecule is O=S(=O)(c1ccccc1)n1ccc(C=Cc2ccccc2)c1. The molecule has 0 bridgehead atoms. The van der Waals surface area contributed by atoms with Gasteiger partial charge < -0.3 is 0 Å². The first kappa shape index (κ1) is 14.4. The van der Waals surface area contributed by atoms with E-state index in [0.717, 1.165) is 11.1 Å². The van der Waals surface area contributed by atoms with Crippen LogP contribution in [0.3, 0.4) is 0 Å². The molecule has 4 heteroatoms. The minimum Gasteiger partial charge on any atom is -0.248 e. The van der Waals surface area contributed by atoms with Gasteiger partial charge in [0.05, 0.1) is 4.90 Å². The van der Waals surface area contributed by atoms with Gasteiger partial charge in [-0.05, 0) is 29.3 Å². The largest absolute Gasteiger partial charge is 0.267 e. The lowest BCUT2D eigenvalue weighted by molar-refractivity contribution is 0.587. The Morgan fingerprint density at radius 1 is 0.727 bits per heavy atom. The lowest BCUT2D eigenvalue weighted by atomic mass is 10.2. The standard InChI is InChI=1S/C18H15NO2S/c20-22(21,18-9-5-2-6-10-18)19-14-13-17(15-19)12-11-16-7-3-1-4-8-16/h1-15H. The molecule has 0 unspecified atom stereocenters. The van der Waals surface area contributed by atoms with Crippen molar-refractivity contribution in [3.8, 4) is 0 Å². The Labute approximate surface area is 130 Å². The second-order valence-electron chi connectivity index (χ2n) is 4.84. The first-order valence-corrected chi connectivity index (χ1v) is 8.32. The third kappa shape index (κ3) is 3.02. The lowest BCUT2D eigenvalue weighted by Crippen LogP contribution is -2.10. The van der Waals surface area contributed by atoms with Gasteiger partial charge in [0.2, 0.25) is 0 Å². The van der Waals surface area contributed by atoms with Gasteiger partial charge in [0.15, 0.2) is 0 Å². The smallest absolute Gasteiger partial charge is 0.248 e. The molecule has 3 rings (SSSR count). The molecule has 0 radical (unpaired) electrons. The third-order valence-corrected chi connectivity index (χ3v) is 4.93. The van der Waals surface area contributed by atoms with Crippen LogP contribution in [0, 0.1) is 0 Å². The summed E-state index contributed by atoms with van der Waals surface area (Å²) in [5, 5.41) is 0. The summed E-state index contributed by atoms with van der Waals surface area (Å²) in [6.45, 7) is 0. The van der Waals surface area contributed by atoms with E-state index in [-0.39, 0.29) is 4.90 Å². The van der Waals surface area contributed by atoms with Crippen molar-refractivity contribution in [2.24, 2.45) is 0 Å². The van der Waals surface area contributed by atoms with Gasteiger partial charge in [0.1, 0.15) is 0 Å². The van der Waals surface area contributed by atoms with Crippen LogP contribution in [-0.4, -0.2) is 12.4 Å². The zero-order valence-electron chi connectivity index (χ0n) is 11.8. The monoisotopic (exact) mass is 309 g/mol. The number of rotatable bonds is 4. The highest BCUT2D eigenvalue weighted by atomic mass is 32.2. The van der Waals surface area contributed by atoms with Crippen LogP contribution in [0.25, 0.3) is 12.2 Å². The molecule has 110 valence electrons. The molecule has 0 aliphatic heterocycles. The van der Waals surface area contributed by atoms with Crippen LogP contribution in [0.4, 0.5) is 0 Å². The van der Waals surface area contributed by atoms with Crippen molar-refractivity contribution in [2.75, 3.05) is 0 Å². The molecule has 0 saturated carbocycles. The average Bonchev–Trinajstić information content (AvgIpc) is 3.04. The van der Waals surface area contributed by atoms with Crippen LogP contribution in [0.15, 0.2) is 84.0 Å². The van der Waals surface area contributed by atoms with Crippen molar-refractivity contribution in [2.45, 2.75) is 4.90 Å². The Morgan fingerprint density at radius 2 is 1.32 bits per heavy atom. The predicted octanol–water partition coefficient (Wildman–Crippen LogP) is 3.90. The van der Waals surface area contributed by atoms with E-state index in [1.165, 1.54) is 3.97 Å². The lowest BCUT2D eigenvalue weighted by Gasteiger charge is -2.04. The Balaban J connectivity index is 1.87. The van der Waals surface area contributed by atoms with Crippen LogP contribution >= 0.6 is 0 Å². The number of nitrogens with zero attached hydrogens (tertiary/aromatic N) is 1. The highest BCUT2D eigenvalue weighted by molar-refractivity contribution is 7.90. The summed E-state index contributed by atoms with van der Waals surface area (Å²) in [5.74, 6) is 0. The van der Waals surface area contributed by atoms with E-state index in [0.29, 0.717) is 0 Å². The average molecular weight is 309 g/mol. The van der Waals surface area contributed by atoms with Gasteiger partial charge in [-0.1, -0.05) is 60.7 Å². The van der Waals surface area contributed by atoms with Gasteiger partial charge in [-0.3, -0.25) is 0 Å². The first-order valence-electron chi connectivity index (χ1n) is 6.88. The fourth-order valence-electron chi connectivity index (χ4n) is 2.11. The van der Waals surface area contributed by atoms with Crippen molar-refractivity contribution in [3.63, 3.8) is 0 Å². The Kier molecular flexibility index (Phi) is 3.94. The van der Waals surface area contributed by atoms with E-state index in [1.807, 2.05) is 42.5 Å². The van der Waals surface area contributed by atoms with Crippen LogP contribution in [0.5, 0.6) is 0 Å². The van der Waals surface area contributed by atoms with E-state index >= 15 is 0 Å². The number of hydrogen-bond acceptors (Lipinski definition) is 2. The van der Waals surface area contributed by atoms with Gasteiger partial charge >= 0.3 is 0 Å². The molecule has 0 fully saturated rings. The maximum absolute atomic E-state index is 12.5. The first-order chi connectivity index (χ1) is 10.7. The van der Waals surface area contributed by atoms with Gasteiger partial charge in [-0.2, -0.15) is 0 Å². The fourth-order valence-corrected chi connectivity index (χ4v) is 3.34. The minimum absolute atomic E-state index is 0.282. The van der Waals surface area contributed by atoms with Crippen molar-refractivity contribution >= 4 is 22.2 Å². The van der Waals surface area contributed by atoms with E-state index in [9.17, 15) is 8.42 Å². The van der Waals surface area contributed by atoms with E-state index in [1.54, 1.807) is 48.8 Å². The molecule has 22 heavy (non-hydrogen) atoms. The molecule has 1 aromatic heterocycles. The van der Waals surface area contributed by atoms with E-state index in [4.69, 9.17) is 0 Å². The summed E-state index contributed by atoms with van der Waals surface area (Å²) in [7, 11) is -3.52. The van der Waals surface area contributed by atoms with E-state index < -0.39 is 10.0 Å². The van der Waals surface area contributed by atoms with Gasteiger partial charge in [0.25, 0.3) is 10.0 Å². The van der Waals surface area contributed by atoms with E-state index in [2.05, 4.69) is 0 Å². The number of aromatic nitrogens is 1. The molecule has 0 aliphatic rings. The van der Waals surface area contributed by atoms with Gasteiger partial charge in [0, 0.05) is 12.4 Å². The second-order valence-corrected chi connectivity index (χ2v) is 6.68. The molecule has 3 nitrogen and oxygen atoms in total. The quantitative estimate of drug-likeness (QED) is 0.733. The van der Waals surface area contributed by atoms with Crippen LogP contribution in [-0.2, 0) is 10.0 Å². The summed E-state index contributed by atoms with van der Waals surface area (Å²) >= 11 is 0. The summed E-state index contributed by atoms with van der Waals surface area (Å²) in [5.41, 5.74) is 1.91. The van der Waals surface area contributed by atoms with Crippen LogP contribution in [0.2, 0.25) is 0 Å². The molecule has 0 saturated heterocycles. The Morgan fingerprint density at radius 3 is 2.00 bits per heavy atom. The predicted molar refractivity (Wildman–Crippen MR) is 88.8 cm³/mol. The Bertz CT molecular complexity index is 879. The molecule has 2 aromatic carbocycles.